The van der Waals surface area contributed by atoms with Crippen LogP contribution in [0.25, 0.3) is 22.1 Å². The number of fused-ring (bicyclic) bond motifs is 2. The quantitative estimate of drug-likeness (QED) is 0.236. The first-order chi connectivity index (χ1) is 13.1. The molecule has 29 heavy (non-hydrogen) atoms. The Morgan fingerprint density at radius 1 is 0.690 bits per heavy atom. The van der Waals surface area contributed by atoms with Crippen LogP contribution in [0.1, 0.15) is 7.43 Å². The van der Waals surface area contributed by atoms with E-state index in [-0.39, 0.29) is 37.0 Å². The molecule has 0 fully saturated rings. The SMILES string of the molecule is Brc1cnc(Br)c2nccnc12.C.COc1ncc(Br)c2nccnc12.C[O-].[Na+]. The first-order valence-electron chi connectivity index (χ1n) is 7.22. The molecule has 0 aromatic carbocycles. The fourth-order valence-corrected chi connectivity index (χ4v) is 3.13. The first kappa shape index (κ1) is 28.2. The van der Waals surface area contributed by atoms with E-state index in [1.54, 1.807) is 44.3 Å². The van der Waals surface area contributed by atoms with E-state index in [1.807, 2.05) is 0 Å². The van der Waals surface area contributed by atoms with Gasteiger partial charge in [-0.1, -0.05) is 7.43 Å². The second-order valence-corrected chi connectivity index (χ2v) is 6.98. The molecule has 4 heterocycles. The van der Waals surface area contributed by atoms with Crippen LogP contribution < -0.4 is 39.4 Å². The summed E-state index contributed by atoms with van der Waals surface area (Å²) in [6, 6.07) is 0. The van der Waals surface area contributed by atoms with Gasteiger partial charge < -0.3 is 9.84 Å². The largest absolute Gasteiger partial charge is 1.00 e. The molecule has 12 heteroatoms. The summed E-state index contributed by atoms with van der Waals surface area (Å²) in [5.41, 5.74) is 3.01. The van der Waals surface area contributed by atoms with Gasteiger partial charge in [0.25, 0.3) is 0 Å². The maximum atomic E-state index is 8.25. The second-order valence-electron chi connectivity index (χ2n) is 4.52. The van der Waals surface area contributed by atoms with Gasteiger partial charge in [0.2, 0.25) is 5.88 Å². The van der Waals surface area contributed by atoms with Crippen molar-refractivity contribution < 1.29 is 39.4 Å². The number of halogens is 3. The molecule has 0 N–H and O–H groups in total. The molecular weight excluding hydrogens is 583 g/mol. The summed E-state index contributed by atoms with van der Waals surface area (Å²) >= 11 is 9.98. The normalized spacial score (nSPS) is 9.17. The number of aromatic nitrogens is 6. The number of ether oxygens (including phenoxy) is 1. The van der Waals surface area contributed by atoms with E-state index in [0.717, 1.165) is 32.6 Å². The van der Waals surface area contributed by atoms with Crippen molar-refractivity contribution in [3.05, 3.63) is 50.7 Å². The van der Waals surface area contributed by atoms with Gasteiger partial charge in [0.15, 0.2) is 5.52 Å². The Hall–Kier alpha value is -0.820. The summed E-state index contributed by atoms with van der Waals surface area (Å²) in [5, 5.41) is 8.25. The van der Waals surface area contributed by atoms with Gasteiger partial charge in [0.05, 0.1) is 16.1 Å². The van der Waals surface area contributed by atoms with E-state index < -0.39 is 0 Å². The standard InChI is InChI=1S/C8H6BrN3O.C7H3Br2N3.CH3O.CH4.Na/c1-13-8-7-6(5(9)4-12-8)10-2-3-11-7;8-4-3-12-7(9)6-5(4)10-1-2-11-6;1-2;;/h2-4H,1H3;1-3H;1H3;1H4;/q;;-1;;+1. The summed E-state index contributed by atoms with van der Waals surface area (Å²) in [5.74, 6) is 0.492. The molecule has 0 amide bonds. The van der Waals surface area contributed by atoms with Crippen molar-refractivity contribution in [3.8, 4) is 5.88 Å². The predicted molar refractivity (Wildman–Crippen MR) is 117 cm³/mol. The fraction of sp³-hybridized carbons (Fsp3) is 0.176. The average molecular weight is 599 g/mol. The number of hydrogen-bond donors (Lipinski definition) is 0. The molecule has 0 aliphatic heterocycles. The Morgan fingerprint density at radius 2 is 1.10 bits per heavy atom. The zero-order chi connectivity index (χ0) is 19.8. The minimum Gasteiger partial charge on any atom is -0.857 e. The van der Waals surface area contributed by atoms with Gasteiger partial charge in [-0.2, -0.15) is 7.11 Å². The zero-order valence-electron chi connectivity index (χ0n) is 15.1. The van der Waals surface area contributed by atoms with Crippen molar-refractivity contribution in [2.75, 3.05) is 14.2 Å². The molecule has 148 valence electrons. The van der Waals surface area contributed by atoms with Crippen molar-refractivity contribution in [3.63, 3.8) is 0 Å². The first-order valence-corrected chi connectivity index (χ1v) is 9.60. The van der Waals surface area contributed by atoms with Crippen molar-refractivity contribution in [2.45, 2.75) is 7.43 Å². The Balaban J connectivity index is 0.000000469. The molecule has 0 aliphatic rings. The number of pyridine rings is 2. The summed E-state index contributed by atoms with van der Waals surface area (Å²) in [4.78, 5) is 24.7. The van der Waals surface area contributed by atoms with Gasteiger partial charge in [-0.05, 0) is 47.8 Å². The van der Waals surface area contributed by atoms with Crippen LogP contribution in [0.15, 0.2) is 50.7 Å². The number of methoxy groups -OCH3 is 1. The smallest absolute Gasteiger partial charge is 0.857 e. The molecule has 0 spiro atoms. The summed E-state index contributed by atoms with van der Waals surface area (Å²) in [6.45, 7) is 0. The Bertz CT molecular complexity index is 1020. The van der Waals surface area contributed by atoms with Crippen LogP contribution in [0.5, 0.6) is 5.88 Å². The molecule has 0 radical (unpaired) electrons. The number of nitrogens with zero attached hydrogens (tertiary/aromatic N) is 6. The Morgan fingerprint density at radius 3 is 1.59 bits per heavy atom. The van der Waals surface area contributed by atoms with Crippen LogP contribution >= 0.6 is 47.8 Å². The topological polar surface area (TPSA) is 110 Å². The van der Waals surface area contributed by atoms with E-state index >= 15 is 0 Å². The molecule has 0 saturated carbocycles. The van der Waals surface area contributed by atoms with E-state index in [0.29, 0.717) is 16.0 Å². The van der Waals surface area contributed by atoms with Gasteiger partial charge >= 0.3 is 29.6 Å². The molecule has 0 atom stereocenters. The molecule has 4 aromatic heterocycles. The van der Waals surface area contributed by atoms with E-state index in [1.165, 1.54) is 0 Å². The van der Waals surface area contributed by atoms with Crippen LogP contribution in [0.3, 0.4) is 0 Å². The van der Waals surface area contributed by atoms with Gasteiger partial charge in [-0.3, -0.25) is 15.0 Å². The number of rotatable bonds is 1. The third-order valence-electron chi connectivity index (χ3n) is 3.03. The fourth-order valence-electron chi connectivity index (χ4n) is 1.96. The maximum Gasteiger partial charge on any atom is 1.00 e. The molecule has 4 rings (SSSR count). The van der Waals surface area contributed by atoms with Crippen molar-refractivity contribution >= 4 is 69.9 Å². The number of hydrogen-bond acceptors (Lipinski definition) is 8. The second kappa shape index (κ2) is 14.2. The van der Waals surface area contributed by atoms with Crippen LogP contribution in [0.4, 0.5) is 0 Å². The van der Waals surface area contributed by atoms with Crippen molar-refractivity contribution in [2.24, 2.45) is 0 Å². The molecule has 0 unspecified atom stereocenters. The Kier molecular flexibility index (Phi) is 13.8. The van der Waals surface area contributed by atoms with E-state index in [9.17, 15) is 0 Å². The van der Waals surface area contributed by atoms with E-state index in [2.05, 4.69) is 77.7 Å². The van der Waals surface area contributed by atoms with Crippen molar-refractivity contribution in [1.29, 1.82) is 0 Å². The molecule has 4 aromatic rings. The van der Waals surface area contributed by atoms with Crippen molar-refractivity contribution in [1.82, 2.24) is 29.9 Å². The third kappa shape index (κ3) is 7.12. The van der Waals surface area contributed by atoms with Gasteiger partial charge in [-0.25, -0.2) is 15.0 Å². The van der Waals surface area contributed by atoms with Crippen LogP contribution in [0, 0.1) is 0 Å². The maximum absolute atomic E-state index is 8.25. The van der Waals surface area contributed by atoms with Crippen LogP contribution in [-0.4, -0.2) is 44.1 Å². The summed E-state index contributed by atoms with van der Waals surface area (Å²) in [6.07, 6.45) is 9.88. The van der Waals surface area contributed by atoms with E-state index in [4.69, 9.17) is 9.84 Å². The van der Waals surface area contributed by atoms with Gasteiger partial charge in [-0.15, -0.1) is 0 Å². The van der Waals surface area contributed by atoms with Gasteiger partial charge in [0.1, 0.15) is 21.2 Å². The predicted octanol–water partition coefficient (Wildman–Crippen LogP) is 0.962. The monoisotopic (exact) mass is 596 g/mol. The van der Waals surface area contributed by atoms with Gasteiger partial charge in [0, 0.05) is 37.2 Å². The Labute approximate surface area is 215 Å². The zero-order valence-corrected chi connectivity index (χ0v) is 21.9. The average Bonchev–Trinajstić information content (AvgIpc) is 2.74. The third-order valence-corrected chi connectivity index (χ3v) is 4.77. The molecule has 0 aliphatic carbocycles. The van der Waals surface area contributed by atoms with Crippen LogP contribution in [0.2, 0.25) is 0 Å². The summed E-state index contributed by atoms with van der Waals surface area (Å²) < 4.78 is 7.44. The molecule has 0 bridgehead atoms. The minimum absolute atomic E-state index is 0. The molecule has 8 nitrogen and oxygen atoms in total. The molecule has 0 saturated heterocycles. The van der Waals surface area contributed by atoms with Crippen LogP contribution in [-0.2, 0) is 0 Å². The minimum atomic E-state index is 0. The molecular formula is C17H16Br3N6NaO2. The summed E-state index contributed by atoms with van der Waals surface area (Å²) in [7, 11) is 2.31.